The molecule has 25 heavy (non-hydrogen) atoms. The molecule has 3 aromatic rings. The van der Waals surface area contributed by atoms with E-state index in [1.54, 1.807) is 17.6 Å². The molecule has 4 rings (SSSR count). The lowest BCUT2D eigenvalue weighted by atomic mass is 9.94. The number of hydrogen-bond donors (Lipinski definition) is 2. The highest BCUT2D eigenvalue weighted by molar-refractivity contribution is 9.10. The van der Waals surface area contributed by atoms with E-state index < -0.39 is 0 Å². The Kier molecular flexibility index (Phi) is 4.97. The summed E-state index contributed by atoms with van der Waals surface area (Å²) in [6.45, 7) is 1.81. The zero-order valence-corrected chi connectivity index (χ0v) is 16.3. The zero-order valence-electron chi connectivity index (χ0n) is 13.2. The van der Waals surface area contributed by atoms with Gasteiger partial charge in [0.2, 0.25) is 5.28 Å². The molecule has 0 spiro atoms. The molecular weight excluding hydrogens is 428 g/mol. The van der Waals surface area contributed by atoms with Crippen LogP contribution in [0.5, 0.6) is 0 Å². The minimum atomic E-state index is -0.0268. The van der Waals surface area contributed by atoms with Crippen LogP contribution < -0.4 is 11.1 Å². The Morgan fingerprint density at radius 3 is 3.08 bits per heavy atom. The maximum atomic E-state index is 6.26. The van der Waals surface area contributed by atoms with Gasteiger partial charge in [0.15, 0.2) is 0 Å². The molecule has 0 bridgehead atoms. The summed E-state index contributed by atoms with van der Waals surface area (Å²) < 4.78 is 12.7. The van der Waals surface area contributed by atoms with Crippen LogP contribution in [0.1, 0.15) is 23.0 Å². The van der Waals surface area contributed by atoms with Gasteiger partial charge in [-0.25, -0.2) is 4.98 Å². The third-order valence-corrected chi connectivity index (χ3v) is 6.77. The van der Waals surface area contributed by atoms with Gasteiger partial charge in [-0.05, 0) is 46.1 Å². The Labute approximate surface area is 161 Å². The van der Waals surface area contributed by atoms with E-state index in [-0.39, 0.29) is 17.2 Å². The maximum Gasteiger partial charge on any atom is 0.225 e. The summed E-state index contributed by atoms with van der Waals surface area (Å²) in [5.41, 5.74) is 7.07. The molecule has 3 N–H and O–H groups in total. The van der Waals surface area contributed by atoms with Crippen molar-refractivity contribution in [3.05, 3.63) is 38.8 Å². The monoisotopic (exact) mass is 442 g/mol. The molecule has 0 radical (unpaired) electrons. The van der Waals surface area contributed by atoms with Crippen molar-refractivity contribution in [3.8, 4) is 0 Å². The van der Waals surface area contributed by atoms with Gasteiger partial charge >= 0.3 is 0 Å². The number of furan rings is 1. The molecule has 2 atom stereocenters. The minimum absolute atomic E-state index is 0.0268. The van der Waals surface area contributed by atoms with E-state index >= 15 is 0 Å². The molecule has 1 aliphatic rings. The van der Waals surface area contributed by atoms with Crippen LogP contribution in [-0.4, -0.2) is 29.2 Å². The number of ether oxygens (including phenoxy) is 1. The van der Waals surface area contributed by atoms with Gasteiger partial charge in [-0.15, -0.1) is 11.3 Å². The van der Waals surface area contributed by atoms with Crippen LogP contribution in [0, 0.1) is 0 Å². The molecule has 132 valence electrons. The number of thiophene rings is 1. The molecule has 0 amide bonds. The highest BCUT2D eigenvalue weighted by Gasteiger charge is 2.29. The average molecular weight is 444 g/mol. The Hall–Kier alpha value is -1.19. The fourth-order valence-corrected chi connectivity index (χ4v) is 5.40. The molecule has 6 nitrogen and oxygen atoms in total. The Balaban J connectivity index is 1.72. The summed E-state index contributed by atoms with van der Waals surface area (Å²) in [5.74, 6) is 1.76. The van der Waals surface area contributed by atoms with Crippen LogP contribution in [-0.2, 0) is 11.3 Å². The summed E-state index contributed by atoms with van der Waals surface area (Å²) in [4.78, 5) is 9.93. The second-order valence-electron chi connectivity index (χ2n) is 5.87. The van der Waals surface area contributed by atoms with Gasteiger partial charge in [0.1, 0.15) is 17.1 Å². The lowest BCUT2D eigenvalue weighted by molar-refractivity contribution is 0.0702. The number of halogens is 2. The molecule has 0 saturated carbocycles. The number of fused-ring (bicyclic) bond motifs is 1. The van der Waals surface area contributed by atoms with E-state index in [4.69, 9.17) is 26.5 Å². The number of nitrogens with two attached hydrogens (primary N) is 1. The predicted octanol–water partition coefficient (Wildman–Crippen LogP) is 4.14. The van der Waals surface area contributed by atoms with Gasteiger partial charge in [0.05, 0.1) is 28.6 Å². The second-order valence-corrected chi connectivity index (χ2v) is 8.05. The topological polar surface area (TPSA) is 86.2 Å². The van der Waals surface area contributed by atoms with Gasteiger partial charge in [0, 0.05) is 23.4 Å². The fourth-order valence-electron chi connectivity index (χ4n) is 2.97. The van der Waals surface area contributed by atoms with Crippen molar-refractivity contribution in [1.82, 2.24) is 9.97 Å². The maximum absolute atomic E-state index is 6.26. The number of aromatic nitrogens is 2. The van der Waals surface area contributed by atoms with Crippen molar-refractivity contribution in [2.45, 2.75) is 24.9 Å². The fraction of sp³-hybridized carbons (Fsp3) is 0.375. The summed E-state index contributed by atoms with van der Waals surface area (Å²) in [6.07, 6.45) is 2.54. The first-order valence-electron chi connectivity index (χ1n) is 7.88. The van der Waals surface area contributed by atoms with Crippen LogP contribution in [0.15, 0.2) is 27.3 Å². The molecule has 1 saturated heterocycles. The Morgan fingerprint density at radius 2 is 2.32 bits per heavy atom. The summed E-state index contributed by atoms with van der Waals surface area (Å²) >= 11 is 11.5. The average Bonchev–Trinajstić information content (AvgIpc) is 3.22. The number of hydrogen-bond acceptors (Lipinski definition) is 7. The third kappa shape index (κ3) is 3.41. The van der Waals surface area contributed by atoms with Crippen molar-refractivity contribution < 1.29 is 9.15 Å². The molecule has 3 aromatic heterocycles. The number of nitrogens with one attached hydrogen (secondary N) is 1. The van der Waals surface area contributed by atoms with Crippen LogP contribution >= 0.6 is 38.9 Å². The quantitative estimate of drug-likeness (QED) is 0.589. The van der Waals surface area contributed by atoms with Crippen LogP contribution in [0.4, 0.5) is 5.82 Å². The normalized spacial score (nSPS) is 20.9. The molecule has 0 aromatic carbocycles. The summed E-state index contributed by atoms with van der Waals surface area (Å²) in [6, 6.07) is 3.73. The van der Waals surface area contributed by atoms with Crippen LogP contribution in [0.3, 0.4) is 0 Å². The summed E-state index contributed by atoms with van der Waals surface area (Å²) in [7, 11) is 0. The van der Waals surface area contributed by atoms with E-state index in [0.29, 0.717) is 19.0 Å². The predicted molar refractivity (Wildman–Crippen MR) is 102 cm³/mol. The number of rotatable bonds is 4. The van der Waals surface area contributed by atoms with E-state index in [1.807, 2.05) is 12.1 Å². The molecular formula is C16H16BrClN4O2S. The van der Waals surface area contributed by atoms with Crippen molar-refractivity contribution in [3.63, 3.8) is 0 Å². The van der Waals surface area contributed by atoms with E-state index in [1.165, 1.54) is 4.88 Å². The zero-order chi connectivity index (χ0) is 17.4. The molecule has 0 aliphatic carbocycles. The molecule has 4 heterocycles. The van der Waals surface area contributed by atoms with Gasteiger partial charge in [-0.1, -0.05) is 0 Å². The smallest absolute Gasteiger partial charge is 0.225 e. The SMILES string of the molecule is N[C@H]1COCC[C@@H]1c1sc2c(NCc3ccco3)nc(Cl)nc2c1Br. The Morgan fingerprint density at radius 1 is 1.44 bits per heavy atom. The third-order valence-electron chi connectivity index (χ3n) is 4.22. The molecule has 1 fully saturated rings. The highest BCUT2D eigenvalue weighted by Crippen LogP contribution is 2.44. The summed E-state index contributed by atoms with van der Waals surface area (Å²) in [5, 5.41) is 3.49. The van der Waals surface area contributed by atoms with E-state index in [0.717, 1.165) is 33.5 Å². The number of anilines is 1. The first-order chi connectivity index (χ1) is 12.1. The van der Waals surface area contributed by atoms with Crippen molar-refractivity contribution in [1.29, 1.82) is 0 Å². The van der Waals surface area contributed by atoms with E-state index in [9.17, 15) is 0 Å². The van der Waals surface area contributed by atoms with Crippen LogP contribution in [0.2, 0.25) is 5.28 Å². The van der Waals surface area contributed by atoms with Gasteiger partial charge in [0.25, 0.3) is 0 Å². The lowest BCUT2D eigenvalue weighted by Crippen LogP contribution is -2.37. The first kappa shape index (κ1) is 17.2. The van der Waals surface area contributed by atoms with Crippen molar-refractivity contribution in [2.24, 2.45) is 5.73 Å². The van der Waals surface area contributed by atoms with Gasteiger partial charge < -0.3 is 20.2 Å². The van der Waals surface area contributed by atoms with Crippen LogP contribution in [0.25, 0.3) is 10.2 Å². The van der Waals surface area contributed by atoms with Crippen molar-refractivity contribution in [2.75, 3.05) is 18.5 Å². The molecule has 9 heteroatoms. The van der Waals surface area contributed by atoms with Gasteiger partial charge in [-0.2, -0.15) is 4.98 Å². The largest absolute Gasteiger partial charge is 0.467 e. The lowest BCUT2D eigenvalue weighted by Gasteiger charge is -2.28. The first-order valence-corrected chi connectivity index (χ1v) is 9.87. The highest BCUT2D eigenvalue weighted by atomic mass is 79.9. The number of nitrogens with zero attached hydrogens (tertiary/aromatic N) is 2. The minimum Gasteiger partial charge on any atom is -0.467 e. The van der Waals surface area contributed by atoms with E-state index in [2.05, 4.69) is 31.2 Å². The molecule has 0 unspecified atom stereocenters. The molecule has 1 aliphatic heterocycles. The standard InChI is InChI=1S/C16H16BrClN4O2S/c17-11-12-14(25-13(11)9-3-5-23-7-10(9)19)15(22-16(18)21-12)20-6-8-2-1-4-24-8/h1-2,4,9-10H,3,5-7,19H2,(H,20,21,22)/t9-,10-/m0/s1. The van der Waals surface area contributed by atoms with Gasteiger partial charge in [-0.3, -0.25) is 0 Å². The Bertz CT molecular complexity index is 886. The second kappa shape index (κ2) is 7.20. The van der Waals surface area contributed by atoms with Crippen molar-refractivity contribution >= 4 is 54.9 Å².